The molecule has 0 radical (unpaired) electrons. The van der Waals surface area contributed by atoms with Gasteiger partial charge in [0.05, 0.1) is 30.8 Å². The zero-order valence-electron chi connectivity index (χ0n) is 13.4. The highest BCUT2D eigenvalue weighted by Crippen LogP contribution is 2.24. The Kier molecular flexibility index (Phi) is 5.08. The third-order valence-electron chi connectivity index (χ3n) is 4.14. The van der Waals surface area contributed by atoms with Crippen LogP contribution in [0.4, 0.5) is 5.82 Å². The molecule has 1 fully saturated rings. The minimum absolute atomic E-state index is 0.144. The van der Waals surface area contributed by atoms with Gasteiger partial charge >= 0.3 is 0 Å². The fourth-order valence-electron chi connectivity index (χ4n) is 2.89. The van der Waals surface area contributed by atoms with E-state index >= 15 is 0 Å². The van der Waals surface area contributed by atoms with Crippen LogP contribution in [-0.2, 0) is 0 Å². The second-order valence-corrected chi connectivity index (χ2v) is 5.90. The van der Waals surface area contributed by atoms with Crippen molar-refractivity contribution >= 4 is 5.82 Å². The maximum Gasteiger partial charge on any atom is 0.145 e. The lowest BCUT2D eigenvalue weighted by molar-refractivity contribution is 0.126. The first-order valence-corrected chi connectivity index (χ1v) is 8.24. The molecule has 0 amide bonds. The predicted octanol–water partition coefficient (Wildman–Crippen LogP) is 3.26. The van der Waals surface area contributed by atoms with Gasteiger partial charge in [0, 0.05) is 11.6 Å². The van der Waals surface area contributed by atoms with Gasteiger partial charge in [-0.3, -0.25) is 4.98 Å². The first kappa shape index (κ1) is 15.7. The Morgan fingerprint density at radius 3 is 2.57 bits per heavy atom. The van der Waals surface area contributed by atoms with Crippen LogP contribution in [-0.4, -0.2) is 33.8 Å². The van der Waals surface area contributed by atoms with Crippen LogP contribution in [0.3, 0.4) is 0 Å². The second kappa shape index (κ2) is 7.42. The number of anilines is 1. The summed E-state index contributed by atoms with van der Waals surface area (Å²) >= 11 is 0. The van der Waals surface area contributed by atoms with Crippen molar-refractivity contribution in [3.05, 3.63) is 36.7 Å². The third-order valence-corrected chi connectivity index (χ3v) is 4.14. The van der Waals surface area contributed by atoms with E-state index in [1.54, 1.807) is 12.4 Å². The largest absolute Gasteiger partial charge is 0.494 e. The molecular formula is C18H23N3O2. The highest BCUT2D eigenvalue weighted by molar-refractivity contribution is 5.60. The summed E-state index contributed by atoms with van der Waals surface area (Å²) in [5, 5.41) is 13.0. The van der Waals surface area contributed by atoms with Gasteiger partial charge in [0.25, 0.3) is 0 Å². The Labute approximate surface area is 136 Å². The quantitative estimate of drug-likeness (QED) is 0.887. The van der Waals surface area contributed by atoms with E-state index in [0.29, 0.717) is 12.6 Å². The zero-order chi connectivity index (χ0) is 16.1. The molecule has 0 unspecified atom stereocenters. The van der Waals surface area contributed by atoms with Crippen molar-refractivity contribution in [1.82, 2.24) is 9.97 Å². The highest BCUT2D eigenvalue weighted by Gasteiger charge is 2.19. The third kappa shape index (κ3) is 4.20. The zero-order valence-corrected chi connectivity index (χ0v) is 13.4. The molecule has 23 heavy (non-hydrogen) atoms. The molecule has 2 aromatic rings. The summed E-state index contributed by atoms with van der Waals surface area (Å²) in [5.74, 6) is 1.65. The summed E-state index contributed by atoms with van der Waals surface area (Å²) in [7, 11) is 0. The van der Waals surface area contributed by atoms with Crippen molar-refractivity contribution in [2.24, 2.45) is 0 Å². The number of ether oxygens (including phenoxy) is 1. The molecule has 3 rings (SSSR count). The molecule has 0 aliphatic heterocycles. The van der Waals surface area contributed by atoms with Crippen molar-refractivity contribution in [1.29, 1.82) is 0 Å². The average Bonchev–Trinajstić information content (AvgIpc) is 2.58. The van der Waals surface area contributed by atoms with E-state index in [2.05, 4.69) is 15.3 Å². The van der Waals surface area contributed by atoms with Gasteiger partial charge in [-0.15, -0.1) is 0 Å². The standard InChI is InChI=1S/C18H23N3O2/c1-2-23-16-9-3-13(4-10-16)17-11-19-12-18(21-17)20-14-5-7-15(22)8-6-14/h3-4,9-12,14-15,22H,2,5-8H2,1H3,(H,20,21). The van der Waals surface area contributed by atoms with Crippen molar-refractivity contribution in [3.63, 3.8) is 0 Å². The van der Waals surface area contributed by atoms with Crippen LogP contribution in [0.5, 0.6) is 5.75 Å². The van der Waals surface area contributed by atoms with Gasteiger partial charge in [0.2, 0.25) is 0 Å². The smallest absolute Gasteiger partial charge is 0.145 e. The number of hydrogen-bond acceptors (Lipinski definition) is 5. The van der Waals surface area contributed by atoms with Crippen molar-refractivity contribution in [2.75, 3.05) is 11.9 Å². The lowest BCUT2D eigenvalue weighted by atomic mass is 9.93. The highest BCUT2D eigenvalue weighted by atomic mass is 16.5. The Hall–Kier alpha value is -2.14. The predicted molar refractivity (Wildman–Crippen MR) is 90.5 cm³/mol. The molecule has 5 heteroatoms. The van der Waals surface area contributed by atoms with E-state index in [1.807, 2.05) is 31.2 Å². The molecule has 5 nitrogen and oxygen atoms in total. The van der Waals surface area contributed by atoms with E-state index in [1.165, 1.54) is 0 Å². The molecule has 1 aromatic heterocycles. The summed E-state index contributed by atoms with van der Waals surface area (Å²) in [5.41, 5.74) is 1.86. The Bertz CT molecular complexity index is 622. The van der Waals surface area contributed by atoms with Crippen LogP contribution in [0.25, 0.3) is 11.3 Å². The van der Waals surface area contributed by atoms with E-state index < -0.39 is 0 Å². The van der Waals surface area contributed by atoms with E-state index in [-0.39, 0.29) is 6.10 Å². The maximum absolute atomic E-state index is 9.58. The number of rotatable bonds is 5. The SMILES string of the molecule is CCOc1ccc(-c2cncc(NC3CCC(O)CC3)n2)cc1. The molecule has 0 spiro atoms. The van der Waals surface area contributed by atoms with Crippen LogP contribution in [0, 0.1) is 0 Å². The van der Waals surface area contributed by atoms with Crippen LogP contribution < -0.4 is 10.1 Å². The van der Waals surface area contributed by atoms with Crippen LogP contribution in [0.1, 0.15) is 32.6 Å². The molecule has 2 N–H and O–H groups in total. The molecule has 1 aliphatic rings. The number of hydrogen-bond donors (Lipinski definition) is 2. The van der Waals surface area contributed by atoms with Gasteiger partial charge in [0.1, 0.15) is 11.6 Å². The monoisotopic (exact) mass is 313 g/mol. The number of nitrogens with zero attached hydrogens (tertiary/aromatic N) is 2. The van der Waals surface area contributed by atoms with Crippen molar-refractivity contribution in [2.45, 2.75) is 44.8 Å². The molecular weight excluding hydrogens is 290 g/mol. The minimum atomic E-state index is -0.144. The summed E-state index contributed by atoms with van der Waals surface area (Å²) in [6.07, 6.45) is 7.02. The number of aliphatic hydroxyl groups excluding tert-OH is 1. The first-order chi connectivity index (χ1) is 11.2. The summed E-state index contributed by atoms with van der Waals surface area (Å²) in [6, 6.07) is 8.25. The summed E-state index contributed by atoms with van der Waals surface area (Å²) in [4.78, 5) is 8.95. The van der Waals surface area contributed by atoms with E-state index in [0.717, 1.165) is 48.5 Å². The number of nitrogens with one attached hydrogen (secondary N) is 1. The topological polar surface area (TPSA) is 67.3 Å². The van der Waals surface area contributed by atoms with Gasteiger partial charge in [-0.05, 0) is 56.9 Å². The number of aromatic nitrogens is 2. The van der Waals surface area contributed by atoms with Gasteiger partial charge in [0.15, 0.2) is 0 Å². The van der Waals surface area contributed by atoms with Crippen LogP contribution in [0.15, 0.2) is 36.7 Å². The normalized spacial score (nSPS) is 21.0. The van der Waals surface area contributed by atoms with E-state index in [4.69, 9.17) is 4.74 Å². The van der Waals surface area contributed by atoms with Crippen molar-refractivity contribution < 1.29 is 9.84 Å². The molecule has 0 saturated heterocycles. The maximum atomic E-state index is 9.58. The van der Waals surface area contributed by atoms with Crippen LogP contribution in [0.2, 0.25) is 0 Å². The molecule has 0 bridgehead atoms. The van der Waals surface area contributed by atoms with Crippen molar-refractivity contribution in [3.8, 4) is 17.0 Å². The molecule has 1 heterocycles. The number of benzene rings is 1. The lowest BCUT2D eigenvalue weighted by Gasteiger charge is -2.26. The van der Waals surface area contributed by atoms with Gasteiger partial charge in [-0.25, -0.2) is 4.98 Å². The first-order valence-electron chi connectivity index (χ1n) is 8.24. The summed E-state index contributed by atoms with van der Waals surface area (Å²) in [6.45, 7) is 2.63. The van der Waals surface area contributed by atoms with Crippen LogP contribution >= 0.6 is 0 Å². The van der Waals surface area contributed by atoms with Gasteiger partial charge in [-0.2, -0.15) is 0 Å². The Balaban J connectivity index is 1.69. The Morgan fingerprint density at radius 1 is 1.13 bits per heavy atom. The molecule has 1 saturated carbocycles. The molecule has 122 valence electrons. The molecule has 0 atom stereocenters. The summed E-state index contributed by atoms with van der Waals surface area (Å²) < 4.78 is 5.46. The molecule has 1 aliphatic carbocycles. The fourth-order valence-corrected chi connectivity index (χ4v) is 2.89. The lowest BCUT2D eigenvalue weighted by Crippen LogP contribution is -2.28. The second-order valence-electron chi connectivity index (χ2n) is 5.90. The van der Waals surface area contributed by atoms with E-state index in [9.17, 15) is 5.11 Å². The van der Waals surface area contributed by atoms with Gasteiger partial charge < -0.3 is 15.2 Å². The van der Waals surface area contributed by atoms with Gasteiger partial charge in [-0.1, -0.05) is 0 Å². The average molecular weight is 313 g/mol. The number of aliphatic hydroxyl groups is 1. The fraction of sp³-hybridized carbons (Fsp3) is 0.444. The minimum Gasteiger partial charge on any atom is -0.494 e. The molecule has 1 aromatic carbocycles. The Morgan fingerprint density at radius 2 is 1.87 bits per heavy atom.